The molecule has 0 aliphatic rings. The van der Waals surface area contributed by atoms with Gasteiger partial charge in [0.15, 0.2) is 5.82 Å². The molecule has 4 heteroatoms. The molecule has 0 fully saturated rings. The predicted molar refractivity (Wildman–Crippen MR) is 209 cm³/mol. The minimum absolute atomic E-state index is 0.593. The van der Waals surface area contributed by atoms with E-state index < -0.39 is 0 Å². The summed E-state index contributed by atoms with van der Waals surface area (Å²) >= 11 is 1.81. The number of para-hydroxylation sites is 1. The van der Waals surface area contributed by atoms with Crippen molar-refractivity contribution in [3.8, 4) is 56.0 Å². The Morgan fingerprint density at radius 2 is 0.960 bits per heavy atom. The van der Waals surface area contributed by atoms with Gasteiger partial charge in [-0.25, -0.2) is 4.98 Å². The topological polar surface area (TPSA) is 38.9 Å². The minimum Gasteiger partial charge on any atom is -0.438 e. The van der Waals surface area contributed by atoms with E-state index in [0.717, 1.165) is 44.3 Å². The van der Waals surface area contributed by atoms with E-state index in [4.69, 9.17) is 14.4 Å². The van der Waals surface area contributed by atoms with Crippen molar-refractivity contribution < 1.29 is 4.42 Å². The fourth-order valence-corrected chi connectivity index (χ4v) is 8.32. The third-order valence-corrected chi connectivity index (χ3v) is 10.7. The van der Waals surface area contributed by atoms with E-state index in [1.165, 1.54) is 42.4 Å². The van der Waals surface area contributed by atoms with Crippen LogP contribution in [0.25, 0.3) is 98.3 Å². The number of rotatable bonds is 5. The van der Waals surface area contributed by atoms with Gasteiger partial charge in [0.05, 0.1) is 11.1 Å². The highest BCUT2D eigenvalue weighted by Gasteiger charge is 2.21. The Morgan fingerprint density at radius 1 is 0.420 bits per heavy atom. The maximum absolute atomic E-state index is 6.42. The highest BCUT2D eigenvalue weighted by atomic mass is 32.1. The first-order chi connectivity index (χ1) is 24.8. The lowest BCUT2D eigenvalue weighted by atomic mass is 9.95. The van der Waals surface area contributed by atoms with Gasteiger partial charge in [-0.1, -0.05) is 140 Å². The maximum Gasteiger partial charge on any atom is 0.231 e. The molecule has 234 valence electrons. The zero-order valence-corrected chi connectivity index (χ0v) is 27.7. The van der Waals surface area contributed by atoms with E-state index in [9.17, 15) is 0 Å². The monoisotopic (exact) mass is 656 g/mol. The fourth-order valence-electron chi connectivity index (χ4n) is 7.11. The van der Waals surface area contributed by atoms with Gasteiger partial charge in [-0.05, 0) is 63.7 Å². The van der Waals surface area contributed by atoms with Crippen molar-refractivity contribution >= 4 is 53.6 Å². The first-order valence-electron chi connectivity index (χ1n) is 16.7. The molecule has 0 bridgehead atoms. The molecule has 0 amide bonds. The summed E-state index contributed by atoms with van der Waals surface area (Å²) in [6.45, 7) is 0. The van der Waals surface area contributed by atoms with Crippen LogP contribution in [0.4, 0.5) is 0 Å². The number of hydrogen-bond acceptors (Lipinski definition) is 4. The largest absolute Gasteiger partial charge is 0.438 e. The molecule has 0 atom stereocenters. The Bertz CT molecular complexity index is 2880. The highest BCUT2D eigenvalue weighted by Crippen LogP contribution is 2.43. The van der Waals surface area contributed by atoms with E-state index in [1.54, 1.807) is 0 Å². The highest BCUT2D eigenvalue weighted by molar-refractivity contribution is 7.26. The van der Waals surface area contributed by atoms with E-state index in [0.29, 0.717) is 11.5 Å². The number of hydrogen-bond donors (Lipinski definition) is 0. The summed E-state index contributed by atoms with van der Waals surface area (Å²) in [4.78, 5) is 10.4. The summed E-state index contributed by atoms with van der Waals surface area (Å²) in [5.41, 5.74) is 11.3. The number of benzene rings is 7. The number of fused-ring (bicyclic) bond motifs is 6. The third kappa shape index (κ3) is 4.80. The molecule has 0 saturated heterocycles. The molecule has 0 aliphatic heterocycles. The number of thiophene rings is 1. The van der Waals surface area contributed by atoms with Gasteiger partial charge in [-0.3, -0.25) is 0 Å². The van der Waals surface area contributed by atoms with E-state index in [1.807, 2.05) is 29.5 Å². The van der Waals surface area contributed by atoms with Gasteiger partial charge in [0, 0.05) is 36.7 Å². The summed E-state index contributed by atoms with van der Waals surface area (Å²) in [6.07, 6.45) is 0. The van der Waals surface area contributed by atoms with Crippen LogP contribution in [0.2, 0.25) is 0 Å². The average Bonchev–Trinajstić information content (AvgIpc) is 3.77. The Labute approximate surface area is 292 Å². The smallest absolute Gasteiger partial charge is 0.231 e. The zero-order valence-electron chi connectivity index (χ0n) is 26.9. The molecule has 3 aromatic heterocycles. The van der Waals surface area contributed by atoms with E-state index >= 15 is 0 Å². The molecule has 0 radical (unpaired) electrons. The molecule has 50 heavy (non-hydrogen) atoms. The normalized spacial score (nSPS) is 11.6. The zero-order chi connectivity index (χ0) is 33.0. The van der Waals surface area contributed by atoms with Crippen LogP contribution in [-0.2, 0) is 0 Å². The SMILES string of the molecule is c1ccc(-c2cccc(-c3cccc(-c4cccc(-c5nc(-c6cccc7c6sc6ccccc67)c6c(n5)oc5ccccc56)c4)c3)c2)cc1. The molecular formula is C46H28N2OS. The van der Waals surface area contributed by atoms with Crippen LogP contribution >= 0.6 is 11.3 Å². The molecule has 10 rings (SSSR count). The van der Waals surface area contributed by atoms with Gasteiger partial charge < -0.3 is 4.42 Å². The van der Waals surface area contributed by atoms with Crippen molar-refractivity contribution in [1.29, 1.82) is 0 Å². The fraction of sp³-hybridized carbons (Fsp3) is 0. The molecule has 0 spiro atoms. The second-order valence-electron chi connectivity index (χ2n) is 12.6. The molecule has 0 unspecified atom stereocenters. The van der Waals surface area contributed by atoms with Crippen LogP contribution in [-0.4, -0.2) is 9.97 Å². The van der Waals surface area contributed by atoms with Gasteiger partial charge >= 0.3 is 0 Å². The summed E-state index contributed by atoms with van der Waals surface area (Å²) < 4.78 is 8.90. The van der Waals surface area contributed by atoms with Crippen LogP contribution in [0.5, 0.6) is 0 Å². The van der Waals surface area contributed by atoms with Crippen molar-refractivity contribution in [2.45, 2.75) is 0 Å². The van der Waals surface area contributed by atoms with Crippen molar-refractivity contribution in [1.82, 2.24) is 9.97 Å². The molecule has 7 aromatic carbocycles. The van der Waals surface area contributed by atoms with Crippen LogP contribution in [0.1, 0.15) is 0 Å². The first-order valence-corrected chi connectivity index (χ1v) is 17.6. The first kappa shape index (κ1) is 28.6. The lowest BCUT2D eigenvalue weighted by Gasteiger charge is -2.11. The second kappa shape index (κ2) is 11.7. The molecule has 10 aromatic rings. The van der Waals surface area contributed by atoms with Crippen LogP contribution in [0.3, 0.4) is 0 Å². The van der Waals surface area contributed by atoms with E-state index in [-0.39, 0.29) is 0 Å². The standard InChI is InChI=1S/C46H28N2OS/c1-2-12-29(13-3-1)30-14-8-15-31(26-30)32-16-9-17-33(27-32)34-18-10-19-35(28-34)45-47-43(42-38-21-4-6-24-40(38)49-46(42)48-45)39-23-11-22-37-36-20-5-7-25-41(36)50-44(37)39/h1-28H. The van der Waals surface area contributed by atoms with Gasteiger partial charge in [-0.2, -0.15) is 4.98 Å². The van der Waals surface area contributed by atoms with Crippen molar-refractivity contribution in [2.75, 3.05) is 0 Å². The van der Waals surface area contributed by atoms with Crippen molar-refractivity contribution in [3.63, 3.8) is 0 Å². The number of nitrogens with zero attached hydrogens (tertiary/aromatic N) is 2. The third-order valence-electron chi connectivity index (χ3n) is 9.52. The Morgan fingerprint density at radius 3 is 1.70 bits per heavy atom. The molecule has 3 heterocycles. The van der Waals surface area contributed by atoms with Crippen molar-refractivity contribution in [2.24, 2.45) is 0 Å². The van der Waals surface area contributed by atoms with Gasteiger partial charge in [0.1, 0.15) is 5.58 Å². The lowest BCUT2D eigenvalue weighted by molar-refractivity contribution is 0.653. The number of furan rings is 1. The van der Waals surface area contributed by atoms with Gasteiger partial charge in [0.2, 0.25) is 5.71 Å². The number of aromatic nitrogens is 2. The van der Waals surface area contributed by atoms with Gasteiger partial charge in [-0.15, -0.1) is 11.3 Å². The molecule has 0 N–H and O–H groups in total. The minimum atomic E-state index is 0.593. The lowest BCUT2D eigenvalue weighted by Crippen LogP contribution is -1.94. The van der Waals surface area contributed by atoms with Gasteiger partial charge in [0.25, 0.3) is 0 Å². The molecule has 3 nitrogen and oxygen atoms in total. The predicted octanol–water partition coefficient (Wildman–Crippen LogP) is 13.1. The quantitative estimate of drug-likeness (QED) is 0.185. The average molecular weight is 657 g/mol. The van der Waals surface area contributed by atoms with Crippen LogP contribution < -0.4 is 0 Å². The summed E-state index contributed by atoms with van der Waals surface area (Å²) in [5, 5.41) is 4.46. The Kier molecular flexibility index (Phi) is 6.68. The summed E-state index contributed by atoms with van der Waals surface area (Å²) in [5.74, 6) is 0.637. The molecule has 0 aliphatic carbocycles. The maximum atomic E-state index is 6.42. The summed E-state index contributed by atoms with van der Waals surface area (Å²) in [6, 6.07) is 59.8. The Balaban J connectivity index is 1.11. The summed E-state index contributed by atoms with van der Waals surface area (Å²) in [7, 11) is 0. The van der Waals surface area contributed by atoms with Crippen LogP contribution in [0.15, 0.2) is 174 Å². The molecular weight excluding hydrogens is 629 g/mol. The van der Waals surface area contributed by atoms with E-state index in [2.05, 4.69) is 152 Å². The van der Waals surface area contributed by atoms with Crippen molar-refractivity contribution in [3.05, 3.63) is 170 Å². The Hall–Kier alpha value is -6.36. The molecule has 0 saturated carbocycles. The second-order valence-corrected chi connectivity index (χ2v) is 13.6. The van der Waals surface area contributed by atoms with Crippen LogP contribution in [0, 0.1) is 0 Å².